The molecule has 0 amide bonds. The van der Waals surface area contributed by atoms with Gasteiger partial charge < -0.3 is 10.2 Å². The first-order valence-corrected chi connectivity index (χ1v) is 5.84. The number of hydrogen-bond donors (Lipinski definition) is 2. The highest BCUT2D eigenvalue weighted by Crippen LogP contribution is 2.25. The topological polar surface area (TPSA) is 57.5 Å². The van der Waals surface area contributed by atoms with E-state index in [1.165, 1.54) is 6.07 Å². The average molecular weight is 255 g/mol. The number of hydrogen-bond acceptors (Lipinski definition) is 2. The minimum Gasteiger partial charge on any atom is -0.506 e. The van der Waals surface area contributed by atoms with Crippen molar-refractivity contribution in [2.45, 2.75) is 26.2 Å². The number of carboxylic acid groups (broad SMARTS) is 1. The maximum Gasteiger partial charge on any atom is 0.331 e. The van der Waals surface area contributed by atoms with Crippen molar-refractivity contribution >= 4 is 23.6 Å². The SMILES string of the molecule is CCCCC(=Cc1ccc(O)c(Cl)c1)C(=O)O. The molecule has 0 saturated carbocycles. The summed E-state index contributed by atoms with van der Waals surface area (Å²) < 4.78 is 0. The van der Waals surface area contributed by atoms with E-state index in [9.17, 15) is 9.90 Å². The predicted molar refractivity (Wildman–Crippen MR) is 68.3 cm³/mol. The van der Waals surface area contributed by atoms with Gasteiger partial charge >= 0.3 is 5.97 Å². The first-order valence-electron chi connectivity index (χ1n) is 5.47. The van der Waals surface area contributed by atoms with Crippen LogP contribution in [0.5, 0.6) is 5.75 Å². The van der Waals surface area contributed by atoms with Gasteiger partial charge in [0.25, 0.3) is 0 Å². The first-order chi connectivity index (χ1) is 8.04. The Kier molecular flexibility index (Phi) is 5.04. The molecular formula is C13H15ClO3. The molecule has 1 aromatic rings. The molecule has 17 heavy (non-hydrogen) atoms. The predicted octanol–water partition coefficient (Wildman–Crippen LogP) is 3.70. The Hall–Kier alpha value is -1.48. The van der Waals surface area contributed by atoms with Gasteiger partial charge in [0.2, 0.25) is 0 Å². The molecule has 1 aromatic carbocycles. The summed E-state index contributed by atoms with van der Waals surface area (Å²) in [5.41, 5.74) is 1.04. The lowest BCUT2D eigenvalue weighted by Crippen LogP contribution is -2.00. The van der Waals surface area contributed by atoms with Crippen molar-refractivity contribution in [1.82, 2.24) is 0 Å². The van der Waals surface area contributed by atoms with Crippen molar-refractivity contribution in [3.05, 3.63) is 34.4 Å². The van der Waals surface area contributed by atoms with E-state index in [2.05, 4.69) is 0 Å². The molecule has 0 saturated heterocycles. The van der Waals surface area contributed by atoms with E-state index in [4.69, 9.17) is 16.7 Å². The van der Waals surface area contributed by atoms with Gasteiger partial charge in [0.15, 0.2) is 0 Å². The Morgan fingerprint density at radius 2 is 2.18 bits per heavy atom. The lowest BCUT2D eigenvalue weighted by Gasteiger charge is -2.03. The van der Waals surface area contributed by atoms with Crippen LogP contribution >= 0.6 is 11.6 Å². The van der Waals surface area contributed by atoms with E-state index in [1.807, 2.05) is 6.92 Å². The van der Waals surface area contributed by atoms with Gasteiger partial charge in [-0.3, -0.25) is 0 Å². The van der Waals surface area contributed by atoms with E-state index in [-0.39, 0.29) is 10.8 Å². The summed E-state index contributed by atoms with van der Waals surface area (Å²) in [4.78, 5) is 11.0. The molecule has 3 nitrogen and oxygen atoms in total. The lowest BCUT2D eigenvalue weighted by molar-refractivity contribution is -0.132. The Balaban J connectivity index is 2.95. The largest absolute Gasteiger partial charge is 0.506 e. The number of carbonyl (C=O) groups is 1. The van der Waals surface area contributed by atoms with E-state index in [0.717, 1.165) is 12.8 Å². The molecule has 0 spiro atoms. The zero-order chi connectivity index (χ0) is 12.8. The molecule has 0 aliphatic carbocycles. The second-order valence-corrected chi connectivity index (χ2v) is 4.20. The molecule has 0 fully saturated rings. The number of aliphatic carboxylic acids is 1. The van der Waals surface area contributed by atoms with Crippen molar-refractivity contribution < 1.29 is 15.0 Å². The van der Waals surface area contributed by atoms with Gasteiger partial charge in [0.1, 0.15) is 5.75 Å². The van der Waals surface area contributed by atoms with Crippen molar-refractivity contribution in [3.63, 3.8) is 0 Å². The summed E-state index contributed by atoms with van der Waals surface area (Å²) in [6.07, 6.45) is 3.90. The first kappa shape index (κ1) is 13.6. The fourth-order valence-corrected chi connectivity index (χ4v) is 1.61. The van der Waals surface area contributed by atoms with Crippen molar-refractivity contribution in [2.75, 3.05) is 0 Å². The molecular weight excluding hydrogens is 240 g/mol. The summed E-state index contributed by atoms with van der Waals surface area (Å²) in [7, 11) is 0. The molecule has 0 aliphatic rings. The third-order valence-corrected chi connectivity index (χ3v) is 2.69. The smallest absolute Gasteiger partial charge is 0.331 e. The Labute approximate surface area is 105 Å². The third-order valence-electron chi connectivity index (χ3n) is 2.39. The number of phenols is 1. The van der Waals surface area contributed by atoms with Crippen LogP contribution in [-0.2, 0) is 4.79 Å². The van der Waals surface area contributed by atoms with Crippen LogP contribution in [0.2, 0.25) is 5.02 Å². The number of aromatic hydroxyl groups is 1. The summed E-state index contributed by atoms with van der Waals surface area (Å²) in [5, 5.41) is 18.5. The quantitative estimate of drug-likeness (QED) is 0.788. The normalized spacial score (nSPS) is 11.5. The standard InChI is InChI=1S/C13H15ClO3/c1-2-3-4-10(13(16)17)7-9-5-6-12(15)11(14)8-9/h5-8,15H,2-4H2,1H3,(H,16,17). The lowest BCUT2D eigenvalue weighted by atomic mass is 10.1. The summed E-state index contributed by atoms with van der Waals surface area (Å²) in [6.45, 7) is 2.01. The van der Waals surface area contributed by atoms with Crippen molar-refractivity contribution in [3.8, 4) is 5.75 Å². The van der Waals surface area contributed by atoms with Crippen LogP contribution < -0.4 is 0 Å². The molecule has 0 unspecified atom stereocenters. The van der Waals surface area contributed by atoms with Crippen LogP contribution in [0.15, 0.2) is 23.8 Å². The second-order valence-electron chi connectivity index (χ2n) is 3.79. The minimum atomic E-state index is -0.914. The van der Waals surface area contributed by atoms with Crippen LogP contribution in [0.1, 0.15) is 31.7 Å². The number of carboxylic acids is 1. The number of rotatable bonds is 5. The Morgan fingerprint density at radius 3 is 2.71 bits per heavy atom. The molecule has 0 aliphatic heterocycles. The maximum absolute atomic E-state index is 11.0. The minimum absolute atomic E-state index is 0.00532. The second kappa shape index (κ2) is 6.30. The molecule has 0 atom stereocenters. The molecule has 1 rings (SSSR count). The van der Waals surface area contributed by atoms with E-state index in [1.54, 1.807) is 18.2 Å². The van der Waals surface area contributed by atoms with Crippen LogP contribution in [0.4, 0.5) is 0 Å². The third kappa shape index (κ3) is 4.11. The summed E-state index contributed by atoms with van der Waals surface area (Å²) in [5.74, 6) is -0.920. The van der Waals surface area contributed by atoms with E-state index < -0.39 is 5.97 Å². The summed E-state index contributed by atoms with van der Waals surface area (Å²) >= 11 is 5.75. The highest BCUT2D eigenvalue weighted by Gasteiger charge is 2.07. The fraction of sp³-hybridized carbons (Fsp3) is 0.308. The highest BCUT2D eigenvalue weighted by atomic mass is 35.5. The van der Waals surface area contributed by atoms with Gasteiger partial charge in [-0.2, -0.15) is 0 Å². The number of phenolic OH excluding ortho intramolecular Hbond substituents is 1. The van der Waals surface area contributed by atoms with E-state index in [0.29, 0.717) is 17.6 Å². The zero-order valence-electron chi connectivity index (χ0n) is 9.61. The van der Waals surface area contributed by atoms with Crippen molar-refractivity contribution in [1.29, 1.82) is 0 Å². The van der Waals surface area contributed by atoms with Gasteiger partial charge in [0.05, 0.1) is 5.02 Å². The molecule has 4 heteroatoms. The average Bonchev–Trinajstić information content (AvgIpc) is 2.28. The molecule has 2 N–H and O–H groups in total. The monoisotopic (exact) mass is 254 g/mol. The van der Waals surface area contributed by atoms with E-state index >= 15 is 0 Å². The fourth-order valence-electron chi connectivity index (χ4n) is 1.42. The van der Waals surface area contributed by atoms with Crippen LogP contribution in [-0.4, -0.2) is 16.2 Å². The van der Waals surface area contributed by atoms with Crippen molar-refractivity contribution in [2.24, 2.45) is 0 Å². The number of unbranched alkanes of at least 4 members (excludes halogenated alkanes) is 1. The Bertz CT molecular complexity index is 438. The van der Waals surface area contributed by atoms with Gasteiger partial charge in [-0.1, -0.05) is 31.0 Å². The zero-order valence-corrected chi connectivity index (χ0v) is 10.4. The summed E-state index contributed by atoms with van der Waals surface area (Å²) in [6, 6.07) is 4.63. The van der Waals surface area contributed by atoms with Crippen LogP contribution in [0, 0.1) is 0 Å². The molecule has 0 radical (unpaired) electrons. The maximum atomic E-state index is 11.0. The van der Waals surface area contributed by atoms with Gasteiger partial charge in [0, 0.05) is 5.57 Å². The van der Waals surface area contributed by atoms with Crippen LogP contribution in [0.3, 0.4) is 0 Å². The molecule has 0 heterocycles. The van der Waals surface area contributed by atoms with Gasteiger partial charge in [-0.15, -0.1) is 0 Å². The highest BCUT2D eigenvalue weighted by molar-refractivity contribution is 6.32. The number of benzene rings is 1. The van der Waals surface area contributed by atoms with Crippen LogP contribution in [0.25, 0.3) is 6.08 Å². The Morgan fingerprint density at radius 1 is 1.47 bits per heavy atom. The number of halogens is 1. The molecule has 0 bridgehead atoms. The van der Waals surface area contributed by atoms with Gasteiger partial charge in [-0.05, 0) is 36.6 Å². The molecule has 92 valence electrons. The van der Waals surface area contributed by atoms with Gasteiger partial charge in [-0.25, -0.2) is 4.79 Å². The molecule has 0 aromatic heterocycles.